The van der Waals surface area contributed by atoms with Crippen molar-refractivity contribution in [3.8, 4) is 11.1 Å². The Bertz CT molecular complexity index is 1050. The molecule has 0 aliphatic rings. The Morgan fingerprint density at radius 1 is 0.960 bits per heavy atom. The molecule has 0 bridgehead atoms. The SMILES string of the molecule is NC(=Nc1n[nH]c2cc(Cl)c(-c3ccccc3)cc12)c1ccccc1. The summed E-state index contributed by atoms with van der Waals surface area (Å²) in [6, 6.07) is 23.5. The molecule has 0 radical (unpaired) electrons. The van der Waals surface area contributed by atoms with Gasteiger partial charge < -0.3 is 5.73 Å². The minimum atomic E-state index is 0.421. The molecule has 3 aromatic carbocycles. The molecule has 0 saturated heterocycles. The second-order valence-corrected chi connectivity index (χ2v) is 6.06. The number of hydrogen-bond donors (Lipinski definition) is 2. The Balaban J connectivity index is 1.84. The van der Waals surface area contributed by atoms with Crippen LogP contribution in [0.1, 0.15) is 5.56 Å². The van der Waals surface area contributed by atoms with Crippen molar-refractivity contribution in [1.82, 2.24) is 10.2 Å². The van der Waals surface area contributed by atoms with E-state index in [4.69, 9.17) is 17.3 Å². The van der Waals surface area contributed by atoms with Crippen LogP contribution in [0.2, 0.25) is 5.02 Å². The van der Waals surface area contributed by atoms with E-state index < -0.39 is 0 Å². The number of fused-ring (bicyclic) bond motifs is 1. The Morgan fingerprint density at radius 2 is 1.64 bits per heavy atom. The number of nitrogens with two attached hydrogens (primary N) is 1. The van der Waals surface area contributed by atoms with Crippen molar-refractivity contribution in [2.75, 3.05) is 0 Å². The van der Waals surface area contributed by atoms with Gasteiger partial charge in [0.05, 0.1) is 10.5 Å². The highest BCUT2D eigenvalue weighted by atomic mass is 35.5. The number of aromatic nitrogens is 2. The van der Waals surface area contributed by atoms with Crippen LogP contribution >= 0.6 is 11.6 Å². The zero-order chi connectivity index (χ0) is 17.2. The van der Waals surface area contributed by atoms with Crippen LogP contribution in [0.15, 0.2) is 77.8 Å². The zero-order valence-electron chi connectivity index (χ0n) is 13.3. The number of benzene rings is 3. The molecule has 0 saturated carbocycles. The van der Waals surface area contributed by atoms with Gasteiger partial charge in [-0.3, -0.25) is 5.10 Å². The molecule has 3 N–H and O–H groups in total. The summed E-state index contributed by atoms with van der Waals surface area (Å²) < 4.78 is 0. The van der Waals surface area contributed by atoms with E-state index >= 15 is 0 Å². The topological polar surface area (TPSA) is 67.1 Å². The van der Waals surface area contributed by atoms with Gasteiger partial charge in [0.15, 0.2) is 5.82 Å². The maximum Gasteiger partial charge on any atom is 0.183 e. The van der Waals surface area contributed by atoms with Crippen LogP contribution in [0.4, 0.5) is 5.82 Å². The van der Waals surface area contributed by atoms with Crippen molar-refractivity contribution in [2.45, 2.75) is 0 Å². The van der Waals surface area contributed by atoms with Gasteiger partial charge in [-0.15, -0.1) is 0 Å². The third kappa shape index (κ3) is 2.99. The van der Waals surface area contributed by atoms with Crippen molar-refractivity contribution in [3.63, 3.8) is 0 Å². The van der Waals surface area contributed by atoms with Crippen LogP contribution in [-0.4, -0.2) is 16.0 Å². The minimum absolute atomic E-state index is 0.421. The molecule has 0 aliphatic heterocycles. The second-order valence-electron chi connectivity index (χ2n) is 5.65. The van der Waals surface area contributed by atoms with E-state index in [1.165, 1.54) is 0 Å². The molecule has 1 aromatic heterocycles. The van der Waals surface area contributed by atoms with E-state index in [-0.39, 0.29) is 0 Å². The fourth-order valence-electron chi connectivity index (χ4n) is 2.74. The lowest BCUT2D eigenvalue weighted by Gasteiger charge is -2.05. The van der Waals surface area contributed by atoms with E-state index in [0.717, 1.165) is 27.6 Å². The maximum absolute atomic E-state index is 6.44. The molecule has 0 aliphatic carbocycles. The zero-order valence-corrected chi connectivity index (χ0v) is 14.0. The average Bonchev–Trinajstić information content (AvgIpc) is 3.04. The number of aromatic amines is 1. The lowest BCUT2D eigenvalue weighted by molar-refractivity contribution is 1.11. The van der Waals surface area contributed by atoms with Gasteiger partial charge in [-0.2, -0.15) is 5.10 Å². The molecular formula is C20H15ClN4. The summed E-state index contributed by atoms with van der Waals surface area (Å²) in [6.45, 7) is 0. The molecule has 1 heterocycles. The predicted molar refractivity (Wildman–Crippen MR) is 103 cm³/mol. The van der Waals surface area contributed by atoms with Crippen LogP contribution in [0.3, 0.4) is 0 Å². The summed E-state index contributed by atoms with van der Waals surface area (Å²) in [5, 5.41) is 8.79. The molecule has 0 spiro atoms. The molecule has 0 atom stereocenters. The molecular weight excluding hydrogens is 332 g/mol. The molecule has 0 fully saturated rings. The summed E-state index contributed by atoms with van der Waals surface area (Å²) in [6.07, 6.45) is 0. The number of halogens is 1. The number of rotatable bonds is 3. The number of H-pyrrole nitrogens is 1. The Morgan fingerprint density at radius 3 is 2.36 bits per heavy atom. The van der Waals surface area contributed by atoms with Crippen LogP contribution in [-0.2, 0) is 0 Å². The van der Waals surface area contributed by atoms with Crippen LogP contribution in [0.5, 0.6) is 0 Å². The fourth-order valence-corrected chi connectivity index (χ4v) is 3.01. The fraction of sp³-hybridized carbons (Fsp3) is 0. The highest BCUT2D eigenvalue weighted by Gasteiger charge is 2.11. The van der Waals surface area contributed by atoms with Crippen molar-refractivity contribution in [3.05, 3.63) is 83.4 Å². The van der Waals surface area contributed by atoms with Gasteiger partial charge in [0.1, 0.15) is 5.84 Å². The quantitative estimate of drug-likeness (QED) is 0.408. The summed E-state index contributed by atoms with van der Waals surface area (Å²) >= 11 is 6.44. The Hall–Kier alpha value is -3.11. The largest absolute Gasteiger partial charge is 0.383 e. The highest BCUT2D eigenvalue weighted by molar-refractivity contribution is 6.34. The first-order chi connectivity index (χ1) is 12.2. The van der Waals surface area contributed by atoms with Crippen LogP contribution in [0, 0.1) is 0 Å². The van der Waals surface area contributed by atoms with E-state index in [0.29, 0.717) is 16.7 Å². The summed E-state index contributed by atoms with van der Waals surface area (Å²) in [5.41, 5.74) is 9.79. The predicted octanol–water partition coefficient (Wildman–Crippen LogP) is 4.92. The standard InChI is InChI=1S/C20H15ClN4/c21-17-12-18-16(11-15(17)13-7-3-1-4-8-13)20(25-24-18)23-19(22)14-9-5-2-6-10-14/h1-12H,(H3,22,23,24,25). The number of amidine groups is 1. The number of aliphatic imine (C=N–C) groups is 1. The van der Waals surface area contributed by atoms with Gasteiger partial charge in [-0.05, 0) is 17.7 Å². The first kappa shape index (κ1) is 15.4. The summed E-state index contributed by atoms with van der Waals surface area (Å²) in [4.78, 5) is 4.49. The molecule has 0 unspecified atom stereocenters. The first-order valence-electron chi connectivity index (χ1n) is 7.85. The van der Waals surface area contributed by atoms with Crippen LogP contribution < -0.4 is 5.73 Å². The van der Waals surface area contributed by atoms with Gasteiger partial charge in [-0.25, -0.2) is 4.99 Å². The van der Waals surface area contributed by atoms with E-state index in [2.05, 4.69) is 15.2 Å². The van der Waals surface area contributed by atoms with Gasteiger partial charge in [0.2, 0.25) is 0 Å². The molecule has 25 heavy (non-hydrogen) atoms. The van der Waals surface area contributed by atoms with Gasteiger partial charge >= 0.3 is 0 Å². The lowest BCUT2D eigenvalue weighted by atomic mass is 10.0. The van der Waals surface area contributed by atoms with E-state index in [9.17, 15) is 0 Å². The molecule has 4 aromatic rings. The van der Waals surface area contributed by atoms with Gasteiger partial charge in [0.25, 0.3) is 0 Å². The minimum Gasteiger partial charge on any atom is -0.383 e. The summed E-state index contributed by atoms with van der Waals surface area (Å²) in [5.74, 6) is 0.968. The monoisotopic (exact) mass is 346 g/mol. The highest BCUT2D eigenvalue weighted by Crippen LogP contribution is 2.34. The Kier molecular flexibility index (Phi) is 3.96. The molecule has 0 amide bonds. The molecule has 5 heteroatoms. The van der Waals surface area contributed by atoms with Crippen molar-refractivity contribution in [2.24, 2.45) is 10.7 Å². The average molecular weight is 347 g/mol. The smallest absolute Gasteiger partial charge is 0.183 e. The molecule has 4 nitrogen and oxygen atoms in total. The molecule has 122 valence electrons. The van der Waals surface area contributed by atoms with Crippen molar-refractivity contribution in [1.29, 1.82) is 0 Å². The van der Waals surface area contributed by atoms with Gasteiger partial charge in [0, 0.05) is 16.5 Å². The number of nitrogens with one attached hydrogen (secondary N) is 1. The van der Waals surface area contributed by atoms with Crippen molar-refractivity contribution < 1.29 is 0 Å². The summed E-state index contributed by atoms with van der Waals surface area (Å²) in [7, 11) is 0. The van der Waals surface area contributed by atoms with E-state index in [1.807, 2.05) is 72.8 Å². The maximum atomic E-state index is 6.44. The third-order valence-electron chi connectivity index (χ3n) is 4.01. The lowest BCUT2D eigenvalue weighted by Crippen LogP contribution is -2.12. The van der Waals surface area contributed by atoms with Gasteiger partial charge in [-0.1, -0.05) is 72.3 Å². The van der Waals surface area contributed by atoms with Crippen LogP contribution in [0.25, 0.3) is 22.0 Å². The Labute approximate surface area is 150 Å². The number of nitrogens with zero attached hydrogens (tertiary/aromatic N) is 2. The first-order valence-corrected chi connectivity index (χ1v) is 8.23. The normalized spacial score (nSPS) is 11.8. The number of hydrogen-bond acceptors (Lipinski definition) is 2. The van der Waals surface area contributed by atoms with E-state index in [1.54, 1.807) is 0 Å². The van der Waals surface area contributed by atoms with Crippen molar-refractivity contribution >= 4 is 34.2 Å². The third-order valence-corrected chi connectivity index (χ3v) is 4.32. The molecule has 4 rings (SSSR count). The second kappa shape index (κ2) is 6.42.